The van der Waals surface area contributed by atoms with Gasteiger partial charge in [0.2, 0.25) is 5.91 Å². The highest BCUT2D eigenvalue weighted by molar-refractivity contribution is 7.13. The number of aliphatic hydroxyl groups excluding tert-OH is 1. The highest BCUT2D eigenvalue weighted by Crippen LogP contribution is 2.38. The fourth-order valence-corrected chi connectivity index (χ4v) is 9.02. The summed E-state index contributed by atoms with van der Waals surface area (Å²) < 4.78 is 34.2. The number of amidine groups is 1. The van der Waals surface area contributed by atoms with Gasteiger partial charge >= 0.3 is 0 Å². The van der Waals surface area contributed by atoms with E-state index >= 15 is 0 Å². The van der Waals surface area contributed by atoms with Crippen molar-refractivity contribution in [3.8, 4) is 63.8 Å². The molecule has 2 unspecified atom stereocenters. The molecule has 4 atom stereocenters. The molecule has 0 radical (unpaired) electrons. The van der Waals surface area contributed by atoms with Crippen LogP contribution in [0.5, 0.6) is 17.4 Å². The number of amides is 2. The smallest absolute Gasteiger partial charge is 0.257 e. The lowest BCUT2D eigenvalue weighted by molar-refractivity contribution is -0.134. The van der Waals surface area contributed by atoms with Gasteiger partial charge in [-0.1, -0.05) is 56.0 Å². The van der Waals surface area contributed by atoms with E-state index in [0.717, 1.165) is 27.4 Å². The Bertz CT molecular complexity index is 3090. The van der Waals surface area contributed by atoms with Crippen molar-refractivity contribution in [3.63, 3.8) is 0 Å². The van der Waals surface area contributed by atoms with Crippen LogP contribution < -0.4 is 24.8 Å². The number of ether oxygens (including phenoxy) is 5. The molecule has 0 spiro atoms. The van der Waals surface area contributed by atoms with Gasteiger partial charge in [0.05, 0.1) is 47.0 Å². The fraction of sp³-hybridized carbons (Fsp3) is 0.340. The zero-order chi connectivity index (χ0) is 49.9. The standard InChI is InChI=1S/C53H52N8O9S/c1-7-35-13-12-14-38(25-35)57-49-40-27-43(44(67-23-21-65-6)28-41(40)54-31-55-49)68-24-22-66-19-10-8-9-11-20-69-46-29-45(70-60-46)47(33(2)3)51(63)61-30-39(62)26-42(61)50-58-52(64)53(5,59-50)37-17-15-36(16-18-37)48-34(4)56-32-71-48/h1,12-18,25,27-29,31-33,39,42,47,62H,19-24,26,30H2,2-6H3,(H,54,55,57)(H,58,59,64)/t39-,42?,47?,53+/m1/s1. The maximum atomic E-state index is 14.3. The summed E-state index contributed by atoms with van der Waals surface area (Å²) in [6.07, 6.45) is 6.46. The number of benzene rings is 3. The van der Waals surface area contributed by atoms with Crippen molar-refractivity contribution in [2.24, 2.45) is 10.9 Å². The second kappa shape index (κ2) is 22.8. The molecule has 17 nitrogen and oxygen atoms in total. The first-order valence-electron chi connectivity index (χ1n) is 22.9. The molecular formula is C53H52N8O9S. The van der Waals surface area contributed by atoms with E-state index in [2.05, 4.69) is 60.3 Å². The third-order valence-corrected chi connectivity index (χ3v) is 12.8. The average Bonchev–Trinajstić information content (AvgIpc) is 4.18. The van der Waals surface area contributed by atoms with E-state index < -0.39 is 23.6 Å². The number of hydrogen-bond acceptors (Lipinski definition) is 16. The van der Waals surface area contributed by atoms with Crippen LogP contribution >= 0.6 is 11.3 Å². The number of hydrogen-bond donors (Lipinski definition) is 3. The van der Waals surface area contributed by atoms with Crippen LogP contribution in [0, 0.1) is 48.9 Å². The van der Waals surface area contributed by atoms with E-state index in [1.54, 1.807) is 47.9 Å². The number of carbonyl (C=O) groups excluding carboxylic acids is 2. The van der Waals surface area contributed by atoms with Gasteiger partial charge in [0.25, 0.3) is 11.8 Å². The number of fused-ring (bicyclic) bond motifs is 1. The lowest BCUT2D eigenvalue weighted by Crippen LogP contribution is -2.48. The third kappa shape index (κ3) is 11.6. The van der Waals surface area contributed by atoms with Gasteiger partial charge in [-0.2, -0.15) is 0 Å². The highest BCUT2D eigenvalue weighted by atomic mass is 32.1. The Kier molecular flexibility index (Phi) is 15.9. The number of aryl methyl sites for hydroxylation is 1. The minimum absolute atomic E-state index is 0.0396. The number of nitrogens with one attached hydrogen (secondary N) is 2. The molecule has 1 saturated heterocycles. The maximum absolute atomic E-state index is 14.3. The predicted molar refractivity (Wildman–Crippen MR) is 267 cm³/mol. The molecule has 2 amide bonds. The van der Waals surface area contributed by atoms with Gasteiger partial charge in [0.15, 0.2) is 29.4 Å². The fourth-order valence-electron chi connectivity index (χ4n) is 8.21. The number of carbonyl (C=O) groups is 2. The minimum atomic E-state index is -1.23. The summed E-state index contributed by atoms with van der Waals surface area (Å²) in [6.45, 7) is 8.76. The number of β-amino-alcohol motifs (C(OH)–C–C–N with tert-alkyl or cyclic N) is 1. The van der Waals surface area contributed by atoms with E-state index in [0.29, 0.717) is 58.6 Å². The zero-order valence-electron chi connectivity index (χ0n) is 39.9. The number of methoxy groups -OCH3 is 1. The van der Waals surface area contributed by atoms with Crippen LogP contribution in [-0.2, 0) is 24.6 Å². The van der Waals surface area contributed by atoms with Gasteiger partial charge in [0.1, 0.15) is 43.7 Å². The predicted octanol–water partition coefficient (Wildman–Crippen LogP) is 6.43. The zero-order valence-corrected chi connectivity index (χ0v) is 40.7. The Labute approximate surface area is 415 Å². The Hall–Kier alpha value is -7.79. The molecule has 5 heterocycles. The first-order chi connectivity index (χ1) is 34.4. The first-order valence-corrected chi connectivity index (χ1v) is 23.7. The Balaban J connectivity index is 0.826. The lowest BCUT2D eigenvalue weighted by atomic mass is 9.91. The lowest BCUT2D eigenvalue weighted by Gasteiger charge is -2.29. The summed E-state index contributed by atoms with van der Waals surface area (Å²) >= 11 is 1.55. The number of thiazole rings is 1. The summed E-state index contributed by atoms with van der Waals surface area (Å²) in [5.41, 5.74) is 5.38. The van der Waals surface area contributed by atoms with Gasteiger partial charge < -0.3 is 48.8 Å². The topological polar surface area (TPSA) is 205 Å². The highest BCUT2D eigenvalue weighted by Gasteiger charge is 2.48. The monoisotopic (exact) mass is 976 g/mol. The summed E-state index contributed by atoms with van der Waals surface area (Å²) in [5.74, 6) is 14.5. The number of nitrogens with zero attached hydrogens (tertiary/aromatic N) is 6. The summed E-state index contributed by atoms with van der Waals surface area (Å²) in [5, 5.41) is 21.8. The van der Waals surface area contributed by atoms with E-state index in [9.17, 15) is 14.7 Å². The molecule has 1 fully saturated rings. The summed E-state index contributed by atoms with van der Waals surface area (Å²) in [7, 11) is 1.60. The maximum Gasteiger partial charge on any atom is 0.257 e. The number of aliphatic hydroxyl groups is 1. The van der Waals surface area contributed by atoms with Crippen LogP contribution in [0.1, 0.15) is 55.7 Å². The molecule has 364 valence electrons. The largest absolute Gasteiger partial charge is 0.487 e. The molecule has 71 heavy (non-hydrogen) atoms. The van der Waals surface area contributed by atoms with Crippen LogP contribution in [-0.4, -0.2) is 113 Å². The summed E-state index contributed by atoms with van der Waals surface area (Å²) in [6, 6.07) is 19.7. The molecule has 0 aliphatic carbocycles. The van der Waals surface area contributed by atoms with Gasteiger partial charge in [-0.25, -0.2) is 19.9 Å². The van der Waals surface area contributed by atoms with Crippen LogP contribution in [0.15, 0.2) is 88.1 Å². The Morgan fingerprint density at radius 2 is 1.77 bits per heavy atom. The Morgan fingerprint density at radius 3 is 2.52 bits per heavy atom. The average molecular weight is 977 g/mol. The van der Waals surface area contributed by atoms with Crippen molar-refractivity contribution in [3.05, 3.63) is 101 Å². The first kappa shape index (κ1) is 49.6. The minimum Gasteiger partial charge on any atom is -0.487 e. The molecule has 2 aliphatic rings. The van der Waals surface area contributed by atoms with E-state index in [1.807, 2.05) is 75.4 Å². The van der Waals surface area contributed by atoms with Crippen molar-refractivity contribution < 1.29 is 42.9 Å². The van der Waals surface area contributed by atoms with E-state index in [-0.39, 0.29) is 63.0 Å². The Morgan fingerprint density at radius 1 is 1.00 bits per heavy atom. The number of anilines is 2. The SMILES string of the molecule is C#Cc1cccc(Nc2ncnc3cc(OCCOC)c(OCCOCC#CC#CCOc4cc(C(C(=O)N5C[C@H](O)CC5C5=N[C@@](C)(c6ccc(-c7scnc7C)cc6)C(=O)N5)C(C)C)on4)cc23)c1. The molecule has 3 aromatic carbocycles. The number of aromatic nitrogens is 4. The molecule has 0 bridgehead atoms. The van der Waals surface area contributed by atoms with Crippen molar-refractivity contribution >= 4 is 51.4 Å². The quantitative estimate of drug-likeness (QED) is 0.0592. The molecule has 0 saturated carbocycles. The second-order valence-corrected chi connectivity index (χ2v) is 17.9. The van der Waals surface area contributed by atoms with E-state index in [1.165, 1.54) is 6.33 Å². The number of aliphatic imine (C=N–C) groups is 1. The molecule has 2 aliphatic heterocycles. The number of rotatable bonds is 19. The van der Waals surface area contributed by atoms with Crippen molar-refractivity contribution in [2.45, 2.75) is 57.7 Å². The van der Waals surface area contributed by atoms with Crippen LogP contribution in [0.2, 0.25) is 0 Å². The van der Waals surface area contributed by atoms with Crippen molar-refractivity contribution in [1.29, 1.82) is 0 Å². The van der Waals surface area contributed by atoms with Gasteiger partial charge in [-0.3, -0.25) is 9.59 Å². The molecule has 3 N–H and O–H groups in total. The van der Waals surface area contributed by atoms with Crippen LogP contribution in [0.4, 0.5) is 11.5 Å². The van der Waals surface area contributed by atoms with Crippen LogP contribution in [0.3, 0.4) is 0 Å². The van der Waals surface area contributed by atoms with Gasteiger partial charge in [-0.15, -0.1) is 17.8 Å². The van der Waals surface area contributed by atoms with Crippen molar-refractivity contribution in [1.82, 2.24) is 30.3 Å². The summed E-state index contributed by atoms with van der Waals surface area (Å²) in [4.78, 5) is 48.6. The second-order valence-electron chi connectivity index (χ2n) is 17.1. The number of likely N-dealkylation sites (tertiary alicyclic amines) is 1. The van der Waals surface area contributed by atoms with Crippen molar-refractivity contribution in [2.75, 3.05) is 58.6 Å². The molecule has 18 heteroatoms. The van der Waals surface area contributed by atoms with Gasteiger partial charge in [0, 0.05) is 48.8 Å². The van der Waals surface area contributed by atoms with Gasteiger partial charge in [-0.05, 0) is 78.1 Å². The molecule has 6 aromatic rings. The molecule has 8 rings (SSSR count). The molecular weight excluding hydrogens is 925 g/mol. The third-order valence-electron chi connectivity index (χ3n) is 11.8. The van der Waals surface area contributed by atoms with Crippen LogP contribution in [0.25, 0.3) is 21.3 Å². The normalized spacial score (nSPS) is 17.6. The molecule has 3 aromatic heterocycles. The van der Waals surface area contributed by atoms with E-state index in [4.69, 9.17) is 39.6 Å². The number of terminal acetylenes is 1.